The highest BCUT2D eigenvalue weighted by molar-refractivity contribution is 6.35. The first-order valence-electron chi connectivity index (χ1n) is 10.8. The molecule has 1 fully saturated rings. The molecule has 1 aromatic heterocycles. The van der Waals surface area contributed by atoms with E-state index in [0.29, 0.717) is 27.5 Å². The van der Waals surface area contributed by atoms with Gasteiger partial charge in [0, 0.05) is 28.2 Å². The Labute approximate surface area is 199 Å². The fraction of sp³-hybridized carbons (Fsp3) is 0.360. The molecule has 1 heterocycles. The number of halogens is 2. The van der Waals surface area contributed by atoms with E-state index in [1.54, 1.807) is 16.8 Å². The molecule has 4 rings (SSSR count). The van der Waals surface area contributed by atoms with Gasteiger partial charge in [0.05, 0.1) is 16.4 Å². The Balaban J connectivity index is 1.72. The monoisotopic (exact) mass is 469 g/mol. The summed E-state index contributed by atoms with van der Waals surface area (Å²) in [6.07, 6.45) is 4.20. The standard InChI is InChI=1S/C25H27Cl2N4O/c1-16-23(25(32)28-19-10-7-11-20(15-19)30(2)3)29-31(22-13-12-18(26)14-21(22)27)24(16)17-8-5-4-6-9-17/h5-6,8-9,12-14,19-20H,7,10-11,15H2,1-3H3,(H,28,32)/t19-,20+/m1/s1. The average Bonchev–Trinajstić information content (AvgIpc) is 3.11. The molecule has 5 nitrogen and oxygen atoms in total. The number of nitrogens with zero attached hydrogens (tertiary/aromatic N) is 3. The second-order valence-electron chi connectivity index (χ2n) is 8.57. The van der Waals surface area contributed by atoms with Gasteiger partial charge < -0.3 is 10.2 Å². The molecule has 0 saturated heterocycles. The Morgan fingerprint density at radius 2 is 1.94 bits per heavy atom. The quantitative estimate of drug-likeness (QED) is 0.532. The Bertz CT molecular complexity index is 1110. The van der Waals surface area contributed by atoms with Crippen LogP contribution in [0.2, 0.25) is 10.0 Å². The van der Waals surface area contributed by atoms with Gasteiger partial charge in [-0.2, -0.15) is 5.10 Å². The van der Waals surface area contributed by atoms with Gasteiger partial charge in [0.2, 0.25) is 0 Å². The highest BCUT2D eigenvalue weighted by Gasteiger charge is 2.28. The molecule has 1 amide bonds. The van der Waals surface area contributed by atoms with Crippen molar-refractivity contribution < 1.29 is 4.79 Å². The number of hydrogen-bond acceptors (Lipinski definition) is 3. The molecule has 1 saturated carbocycles. The zero-order valence-corrected chi connectivity index (χ0v) is 20.0. The van der Waals surface area contributed by atoms with E-state index >= 15 is 0 Å². The highest BCUT2D eigenvalue weighted by atomic mass is 35.5. The third kappa shape index (κ3) is 4.70. The molecule has 32 heavy (non-hydrogen) atoms. The average molecular weight is 470 g/mol. The van der Waals surface area contributed by atoms with Crippen molar-refractivity contribution in [2.24, 2.45) is 0 Å². The molecule has 7 heteroatoms. The maximum Gasteiger partial charge on any atom is 0.272 e. The second-order valence-corrected chi connectivity index (χ2v) is 9.42. The number of aromatic nitrogens is 2. The van der Waals surface area contributed by atoms with Crippen LogP contribution in [0.4, 0.5) is 0 Å². The molecule has 0 unspecified atom stereocenters. The maximum atomic E-state index is 13.3. The van der Waals surface area contributed by atoms with Crippen LogP contribution in [-0.4, -0.2) is 46.8 Å². The van der Waals surface area contributed by atoms with Crippen LogP contribution in [0.25, 0.3) is 16.9 Å². The predicted octanol–water partition coefficient (Wildman–Crippen LogP) is 5.56. The molecular weight excluding hydrogens is 443 g/mol. The van der Waals surface area contributed by atoms with Crippen LogP contribution >= 0.6 is 23.2 Å². The first-order valence-corrected chi connectivity index (χ1v) is 11.6. The smallest absolute Gasteiger partial charge is 0.272 e. The number of hydrogen-bond donors (Lipinski definition) is 1. The van der Waals surface area contributed by atoms with Crippen molar-refractivity contribution in [1.82, 2.24) is 20.0 Å². The number of benzene rings is 2. The number of rotatable bonds is 5. The number of carbonyl (C=O) groups is 1. The molecule has 0 bridgehead atoms. The molecule has 1 aliphatic carbocycles. The molecule has 3 aromatic rings. The lowest BCUT2D eigenvalue weighted by molar-refractivity contribution is 0.0905. The van der Waals surface area contributed by atoms with E-state index in [4.69, 9.17) is 28.3 Å². The summed E-state index contributed by atoms with van der Waals surface area (Å²) in [5, 5.41) is 8.96. The number of nitrogens with one attached hydrogen (secondary N) is 1. The lowest BCUT2D eigenvalue weighted by Crippen LogP contribution is -2.44. The Morgan fingerprint density at radius 1 is 1.19 bits per heavy atom. The third-order valence-corrected chi connectivity index (χ3v) is 6.72. The Morgan fingerprint density at radius 3 is 2.62 bits per heavy atom. The zero-order chi connectivity index (χ0) is 22.8. The normalized spacial score (nSPS) is 18.7. The molecule has 1 N–H and O–H groups in total. The van der Waals surface area contributed by atoms with Gasteiger partial charge in [-0.05, 0) is 71.0 Å². The van der Waals surface area contributed by atoms with Crippen LogP contribution in [0, 0.1) is 13.0 Å². The van der Waals surface area contributed by atoms with Crippen LogP contribution in [0.3, 0.4) is 0 Å². The van der Waals surface area contributed by atoms with E-state index in [1.165, 1.54) is 0 Å². The van der Waals surface area contributed by atoms with Gasteiger partial charge in [-0.3, -0.25) is 4.79 Å². The van der Waals surface area contributed by atoms with Crippen molar-refractivity contribution in [2.75, 3.05) is 14.1 Å². The summed E-state index contributed by atoms with van der Waals surface area (Å²) in [4.78, 5) is 15.6. The Kier molecular flexibility index (Phi) is 6.89. The van der Waals surface area contributed by atoms with E-state index in [-0.39, 0.29) is 11.9 Å². The summed E-state index contributed by atoms with van der Waals surface area (Å²) in [5.74, 6) is -0.153. The van der Waals surface area contributed by atoms with Crippen molar-refractivity contribution in [3.63, 3.8) is 0 Å². The van der Waals surface area contributed by atoms with Crippen molar-refractivity contribution >= 4 is 29.1 Å². The predicted molar refractivity (Wildman–Crippen MR) is 130 cm³/mol. The summed E-state index contributed by atoms with van der Waals surface area (Å²) in [5.41, 5.74) is 3.64. The fourth-order valence-electron chi connectivity index (χ4n) is 4.44. The topological polar surface area (TPSA) is 50.2 Å². The summed E-state index contributed by atoms with van der Waals surface area (Å²) in [7, 11) is 4.19. The van der Waals surface area contributed by atoms with Crippen LogP contribution in [0.1, 0.15) is 41.7 Å². The molecule has 2 atom stereocenters. The minimum Gasteiger partial charge on any atom is -0.348 e. The van der Waals surface area contributed by atoms with Crippen molar-refractivity contribution in [3.8, 4) is 16.9 Å². The van der Waals surface area contributed by atoms with Crippen molar-refractivity contribution in [2.45, 2.75) is 44.7 Å². The lowest BCUT2D eigenvalue weighted by atomic mass is 9.90. The SMILES string of the molecule is Cc1c(C(=O)N[C@@H]2CCC[C@H](N(C)C)C2)nn(-c2ccc(Cl)cc2Cl)c1-c1cc[c]cc1. The van der Waals surface area contributed by atoms with Gasteiger partial charge in [-0.15, -0.1) is 0 Å². The molecule has 1 aliphatic rings. The van der Waals surface area contributed by atoms with E-state index in [9.17, 15) is 4.79 Å². The molecule has 1 radical (unpaired) electrons. The van der Waals surface area contributed by atoms with Gasteiger partial charge in [0.25, 0.3) is 5.91 Å². The van der Waals surface area contributed by atoms with Crippen LogP contribution < -0.4 is 5.32 Å². The van der Waals surface area contributed by atoms with E-state index in [2.05, 4.69) is 30.4 Å². The van der Waals surface area contributed by atoms with E-state index in [0.717, 1.165) is 42.5 Å². The van der Waals surface area contributed by atoms with Gasteiger partial charge in [0.1, 0.15) is 0 Å². The number of carbonyl (C=O) groups excluding carboxylic acids is 1. The Hall–Kier alpha value is -2.34. The lowest BCUT2D eigenvalue weighted by Gasteiger charge is -2.33. The minimum atomic E-state index is -0.153. The minimum absolute atomic E-state index is 0.141. The third-order valence-electron chi connectivity index (χ3n) is 6.18. The van der Waals surface area contributed by atoms with Gasteiger partial charge in [0.15, 0.2) is 5.69 Å². The molecule has 167 valence electrons. The molecular formula is C25H27Cl2N4O. The van der Waals surface area contributed by atoms with E-state index in [1.807, 2.05) is 37.3 Å². The first-order chi connectivity index (χ1) is 15.3. The van der Waals surface area contributed by atoms with Crippen LogP contribution in [0.5, 0.6) is 0 Å². The molecule has 2 aromatic carbocycles. The van der Waals surface area contributed by atoms with Gasteiger partial charge >= 0.3 is 0 Å². The molecule has 0 aliphatic heterocycles. The second kappa shape index (κ2) is 9.65. The highest BCUT2D eigenvalue weighted by Crippen LogP contribution is 2.33. The summed E-state index contributed by atoms with van der Waals surface area (Å²) < 4.78 is 1.74. The maximum absolute atomic E-state index is 13.3. The van der Waals surface area contributed by atoms with Crippen molar-refractivity contribution in [1.29, 1.82) is 0 Å². The molecule has 0 spiro atoms. The zero-order valence-electron chi connectivity index (χ0n) is 18.5. The first kappa shape index (κ1) is 22.8. The van der Waals surface area contributed by atoms with Gasteiger partial charge in [-0.1, -0.05) is 47.5 Å². The summed E-state index contributed by atoms with van der Waals surface area (Å²) in [6.45, 7) is 1.93. The van der Waals surface area contributed by atoms with E-state index < -0.39 is 0 Å². The van der Waals surface area contributed by atoms with Crippen LogP contribution in [-0.2, 0) is 0 Å². The van der Waals surface area contributed by atoms with Gasteiger partial charge in [-0.25, -0.2) is 4.68 Å². The fourth-order valence-corrected chi connectivity index (χ4v) is 4.93. The van der Waals surface area contributed by atoms with Crippen molar-refractivity contribution in [3.05, 3.63) is 69.8 Å². The largest absolute Gasteiger partial charge is 0.348 e. The summed E-state index contributed by atoms with van der Waals surface area (Å²) in [6, 6.07) is 16.5. The van der Waals surface area contributed by atoms with Crippen LogP contribution in [0.15, 0.2) is 42.5 Å². The number of amides is 1. The summed E-state index contributed by atoms with van der Waals surface area (Å²) >= 11 is 12.6.